The molecule has 2 amide bonds. The summed E-state index contributed by atoms with van der Waals surface area (Å²) in [5.74, 6) is -4.91. The number of hydrogen-bond donors (Lipinski definition) is 8. The first-order chi connectivity index (χ1) is 12.5. The predicted molar refractivity (Wildman–Crippen MR) is 93.3 cm³/mol. The third-order valence-electron chi connectivity index (χ3n) is 3.36. The molecule has 154 valence electrons. The van der Waals surface area contributed by atoms with Gasteiger partial charge in [0.15, 0.2) is 12.0 Å². The molecular weight excluding hydrogens is 364 g/mol. The average Bonchev–Trinajstić information content (AvgIpc) is 2.54. The van der Waals surface area contributed by atoms with Crippen LogP contribution >= 0.6 is 0 Å². The van der Waals surface area contributed by atoms with E-state index < -0.39 is 54.4 Å². The van der Waals surface area contributed by atoms with Crippen LogP contribution in [0.5, 0.6) is 0 Å². The minimum Gasteiger partial charge on any atom is -0.481 e. The van der Waals surface area contributed by atoms with Gasteiger partial charge in [0.25, 0.3) is 0 Å². The maximum atomic E-state index is 12.1. The molecule has 0 aromatic heterocycles. The van der Waals surface area contributed by atoms with Crippen molar-refractivity contribution in [1.29, 1.82) is 0 Å². The highest BCUT2D eigenvalue weighted by Gasteiger charge is 2.31. The Labute approximate surface area is 155 Å². The van der Waals surface area contributed by atoms with Gasteiger partial charge in [-0.1, -0.05) is 0 Å². The van der Waals surface area contributed by atoms with Crippen LogP contribution in [0.4, 0.5) is 0 Å². The second-order valence-electron chi connectivity index (χ2n) is 5.78. The summed E-state index contributed by atoms with van der Waals surface area (Å²) in [6.45, 7) is 1.37. The van der Waals surface area contributed by atoms with Crippen LogP contribution in [-0.2, 0) is 19.2 Å². The standard InChI is InChI=1S/C14H26N6O7/c1-6(21)10(13(26)27)20-12(25)8(5-9(22)23)19-11(24)7(15)3-2-4-18-14(16)17/h6-8,10,21H,2-5,15H2,1H3,(H,19,24)(H,20,25)(H,22,23)(H,26,27)(H4,16,17,18). The smallest absolute Gasteiger partial charge is 0.328 e. The monoisotopic (exact) mass is 390 g/mol. The van der Waals surface area contributed by atoms with Crippen molar-refractivity contribution in [2.45, 2.75) is 50.4 Å². The lowest BCUT2D eigenvalue weighted by Gasteiger charge is -2.23. The highest BCUT2D eigenvalue weighted by molar-refractivity contribution is 5.94. The van der Waals surface area contributed by atoms with Gasteiger partial charge in [-0.15, -0.1) is 0 Å². The molecule has 0 aromatic carbocycles. The molecule has 0 aromatic rings. The van der Waals surface area contributed by atoms with E-state index in [0.29, 0.717) is 6.42 Å². The van der Waals surface area contributed by atoms with Crippen molar-refractivity contribution in [1.82, 2.24) is 10.6 Å². The Balaban J connectivity index is 4.91. The quantitative estimate of drug-likeness (QED) is 0.0919. The predicted octanol–water partition coefficient (Wildman–Crippen LogP) is -3.72. The first-order valence-corrected chi connectivity index (χ1v) is 8.00. The summed E-state index contributed by atoms with van der Waals surface area (Å²) in [5.41, 5.74) is 16.0. The normalized spacial score (nSPS) is 14.9. The zero-order chi connectivity index (χ0) is 21.1. The van der Waals surface area contributed by atoms with Gasteiger partial charge in [-0.3, -0.25) is 19.4 Å². The van der Waals surface area contributed by atoms with E-state index in [4.69, 9.17) is 27.4 Å². The highest BCUT2D eigenvalue weighted by atomic mass is 16.4. The fraction of sp³-hybridized carbons (Fsp3) is 0.643. The van der Waals surface area contributed by atoms with Crippen molar-refractivity contribution >= 4 is 29.7 Å². The number of amides is 2. The number of carbonyl (C=O) groups is 4. The molecule has 0 aliphatic carbocycles. The molecule has 0 aliphatic heterocycles. The van der Waals surface area contributed by atoms with E-state index in [9.17, 15) is 24.3 Å². The number of rotatable bonds is 12. The Bertz CT molecular complexity index is 576. The lowest BCUT2D eigenvalue weighted by molar-refractivity contribution is -0.145. The van der Waals surface area contributed by atoms with E-state index in [1.165, 1.54) is 0 Å². The van der Waals surface area contributed by atoms with Gasteiger partial charge in [-0.2, -0.15) is 0 Å². The Morgan fingerprint density at radius 2 is 1.67 bits per heavy atom. The van der Waals surface area contributed by atoms with E-state index >= 15 is 0 Å². The molecule has 0 heterocycles. The number of nitrogens with two attached hydrogens (primary N) is 3. The molecule has 0 rings (SSSR count). The minimum atomic E-state index is -1.67. The maximum absolute atomic E-state index is 12.1. The Kier molecular flexibility index (Phi) is 10.4. The van der Waals surface area contributed by atoms with Crippen molar-refractivity contribution in [3.8, 4) is 0 Å². The topological polar surface area (TPSA) is 243 Å². The Hall–Kier alpha value is -2.93. The molecule has 0 radical (unpaired) electrons. The summed E-state index contributed by atoms with van der Waals surface area (Å²) >= 11 is 0. The summed E-state index contributed by atoms with van der Waals surface area (Å²) in [7, 11) is 0. The molecule has 4 atom stereocenters. The van der Waals surface area contributed by atoms with Gasteiger partial charge in [-0.25, -0.2) is 4.79 Å². The maximum Gasteiger partial charge on any atom is 0.328 e. The minimum absolute atomic E-state index is 0.114. The number of carboxylic acid groups (broad SMARTS) is 2. The number of carbonyl (C=O) groups excluding carboxylic acids is 2. The van der Waals surface area contributed by atoms with Crippen LogP contribution in [0.3, 0.4) is 0 Å². The molecular formula is C14H26N6O7. The Morgan fingerprint density at radius 3 is 2.11 bits per heavy atom. The lowest BCUT2D eigenvalue weighted by atomic mass is 10.1. The number of aliphatic hydroxyl groups excluding tert-OH is 1. The molecule has 0 fully saturated rings. The number of hydrogen-bond acceptors (Lipinski definition) is 7. The van der Waals surface area contributed by atoms with Gasteiger partial charge in [0.05, 0.1) is 18.6 Å². The number of aliphatic imine (C=N–C) groups is 1. The largest absolute Gasteiger partial charge is 0.481 e. The summed E-state index contributed by atoms with van der Waals surface area (Å²) in [4.78, 5) is 49.9. The molecule has 11 N–H and O–H groups in total. The highest BCUT2D eigenvalue weighted by Crippen LogP contribution is 2.01. The molecule has 27 heavy (non-hydrogen) atoms. The van der Waals surface area contributed by atoms with Crippen molar-refractivity contribution in [3.05, 3.63) is 0 Å². The number of aliphatic hydroxyl groups is 1. The number of carboxylic acids is 2. The van der Waals surface area contributed by atoms with Gasteiger partial charge >= 0.3 is 11.9 Å². The zero-order valence-electron chi connectivity index (χ0n) is 14.8. The molecule has 0 bridgehead atoms. The van der Waals surface area contributed by atoms with E-state index in [2.05, 4.69) is 10.3 Å². The molecule has 0 saturated carbocycles. The number of guanidine groups is 1. The van der Waals surface area contributed by atoms with Gasteiger partial charge in [0.1, 0.15) is 6.04 Å². The third-order valence-corrected chi connectivity index (χ3v) is 3.36. The van der Waals surface area contributed by atoms with Crippen LogP contribution in [0.1, 0.15) is 26.2 Å². The number of nitrogens with one attached hydrogen (secondary N) is 2. The van der Waals surface area contributed by atoms with E-state index in [1.807, 2.05) is 5.32 Å². The van der Waals surface area contributed by atoms with Crippen LogP contribution in [0.15, 0.2) is 4.99 Å². The molecule has 4 unspecified atom stereocenters. The third kappa shape index (κ3) is 9.96. The molecule has 13 heteroatoms. The van der Waals surface area contributed by atoms with E-state index in [-0.39, 0.29) is 18.9 Å². The van der Waals surface area contributed by atoms with E-state index in [1.54, 1.807) is 0 Å². The van der Waals surface area contributed by atoms with Gasteiger partial charge in [0, 0.05) is 6.54 Å². The fourth-order valence-corrected chi connectivity index (χ4v) is 1.96. The first-order valence-electron chi connectivity index (χ1n) is 8.00. The summed E-state index contributed by atoms with van der Waals surface area (Å²) in [6.07, 6.45) is -1.71. The summed E-state index contributed by atoms with van der Waals surface area (Å²) < 4.78 is 0. The molecule has 0 spiro atoms. The van der Waals surface area contributed by atoms with E-state index in [0.717, 1.165) is 6.92 Å². The van der Waals surface area contributed by atoms with Crippen molar-refractivity contribution < 1.29 is 34.5 Å². The lowest BCUT2D eigenvalue weighted by Crippen LogP contribution is -2.57. The van der Waals surface area contributed by atoms with Crippen molar-refractivity contribution in [3.63, 3.8) is 0 Å². The second kappa shape index (κ2) is 11.6. The number of aliphatic carboxylic acids is 2. The first kappa shape index (κ1) is 24.1. The van der Waals surface area contributed by atoms with Crippen molar-refractivity contribution in [2.75, 3.05) is 6.54 Å². The van der Waals surface area contributed by atoms with Gasteiger partial charge in [-0.05, 0) is 19.8 Å². The van der Waals surface area contributed by atoms with Crippen LogP contribution in [-0.4, -0.2) is 75.8 Å². The van der Waals surface area contributed by atoms with Crippen LogP contribution in [0, 0.1) is 0 Å². The van der Waals surface area contributed by atoms with Crippen LogP contribution < -0.4 is 27.8 Å². The fourth-order valence-electron chi connectivity index (χ4n) is 1.96. The van der Waals surface area contributed by atoms with Crippen LogP contribution in [0.2, 0.25) is 0 Å². The average molecular weight is 390 g/mol. The molecule has 13 nitrogen and oxygen atoms in total. The molecule has 0 aliphatic rings. The zero-order valence-corrected chi connectivity index (χ0v) is 14.8. The second-order valence-corrected chi connectivity index (χ2v) is 5.78. The van der Waals surface area contributed by atoms with Gasteiger partial charge < -0.3 is 43.2 Å². The van der Waals surface area contributed by atoms with Crippen LogP contribution in [0.25, 0.3) is 0 Å². The molecule has 0 saturated heterocycles. The Morgan fingerprint density at radius 1 is 1.07 bits per heavy atom. The SMILES string of the molecule is CC(O)C(NC(=O)C(CC(=O)O)NC(=O)C(N)CCCN=C(N)N)C(=O)O. The van der Waals surface area contributed by atoms with Crippen molar-refractivity contribution in [2.24, 2.45) is 22.2 Å². The van der Waals surface area contributed by atoms with Gasteiger partial charge in [0.2, 0.25) is 11.8 Å². The number of nitrogens with zero attached hydrogens (tertiary/aromatic N) is 1. The summed E-state index contributed by atoms with van der Waals surface area (Å²) in [5, 5.41) is 31.4. The summed E-state index contributed by atoms with van der Waals surface area (Å²) in [6, 6.07) is -4.30.